The zero-order valence-corrected chi connectivity index (χ0v) is 14.9. The molecule has 0 aliphatic rings. The summed E-state index contributed by atoms with van der Waals surface area (Å²) in [5.41, 5.74) is -0.509. The molecule has 0 saturated carbocycles. The maximum Gasteiger partial charge on any atom is 0.290 e. The average Bonchev–Trinajstić information content (AvgIpc) is 2.99. The summed E-state index contributed by atoms with van der Waals surface area (Å²) in [6.07, 6.45) is 0. The first-order valence-electron chi connectivity index (χ1n) is 8.14. The number of carbonyl (C=O) groups is 1. The van der Waals surface area contributed by atoms with Gasteiger partial charge in [-0.1, -0.05) is 35.9 Å². The van der Waals surface area contributed by atoms with Crippen molar-refractivity contribution in [3.05, 3.63) is 91.7 Å². The zero-order valence-electron chi connectivity index (χ0n) is 14.1. The number of aromatic nitrogens is 3. The van der Waals surface area contributed by atoms with Gasteiger partial charge in [0, 0.05) is 11.1 Å². The van der Waals surface area contributed by atoms with Crippen LogP contribution < -0.4 is 16.4 Å². The molecule has 0 atom stereocenters. The molecular weight excluding hydrogens is 387 g/mol. The van der Waals surface area contributed by atoms with E-state index in [1.807, 2.05) is 0 Å². The number of hydrogen-bond acceptors (Lipinski definition) is 3. The van der Waals surface area contributed by atoms with Crippen molar-refractivity contribution < 1.29 is 9.18 Å². The molecule has 0 saturated heterocycles. The number of fused-ring (bicyclic) bond motifs is 1. The molecule has 0 unspecified atom stereocenters. The van der Waals surface area contributed by atoms with Crippen molar-refractivity contribution in [1.82, 2.24) is 14.6 Å². The normalized spacial score (nSPS) is 10.9. The standard InChI is InChI=1S/C19H12ClFN4O3/c20-11-7-5-10(6-8-11)14-9-15(26)25-17(22-14)16(19(28)24-25)23-18(27)12-3-1-2-4-13(12)21/h1-9,22H,(H,23,27)(H,24,28). The SMILES string of the molecule is O=C(Nc1c(=O)[nH]n2c(=O)cc(-c3ccc(Cl)cc3)[nH]c12)c1ccccc1F. The van der Waals surface area contributed by atoms with Crippen LogP contribution in [0.5, 0.6) is 0 Å². The van der Waals surface area contributed by atoms with Crippen molar-refractivity contribution in [2.45, 2.75) is 0 Å². The Hall–Kier alpha value is -3.65. The van der Waals surface area contributed by atoms with Crippen molar-refractivity contribution in [3.8, 4) is 11.3 Å². The minimum Gasteiger partial charge on any atom is -0.338 e. The van der Waals surface area contributed by atoms with Crippen molar-refractivity contribution in [3.63, 3.8) is 0 Å². The number of H-pyrrole nitrogens is 2. The van der Waals surface area contributed by atoms with Gasteiger partial charge in [0.2, 0.25) is 0 Å². The van der Waals surface area contributed by atoms with Gasteiger partial charge in [0.05, 0.1) is 11.3 Å². The minimum absolute atomic E-state index is 0.0483. The maximum absolute atomic E-state index is 13.8. The Morgan fingerprint density at radius 2 is 1.79 bits per heavy atom. The summed E-state index contributed by atoms with van der Waals surface area (Å²) in [6, 6.07) is 13.4. The molecular formula is C19H12ClFN4O3. The largest absolute Gasteiger partial charge is 0.338 e. The Labute approximate surface area is 161 Å². The first kappa shape index (κ1) is 17.7. The smallest absolute Gasteiger partial charge is 0.290 e. The van der Waals surface area contributed by atoms with E-state index in [2.05, 4.69) is 15.4 Å². The molecule has 9 heteroatoms. The second kappa shape index (κ2) is 6.82. The number of nitrogens with zero attached hydrogens (tertiary/aromatic N) is 1. The van der Waals surface area contributed by atoms with Crippen molar-refractivity contribution >= 4 is 28.8 Å². The number of nitrogens with one attached hydrogen (secondary N) is 3. The molecule has 0 radical (unpaired) electrons. The van der Waals surface area contributed by atoms with Crippen molar-refractivity contribution in [1.29, 1.82) is 0 Å². The molecule has 2 heterocycles. The lowest BCUT2D eigenvalue weighted by molar-refractivity contribution is 0.102. The van der Waals surface area contributed by atoms with E-state index in [1.54, 1.807) is 24.3 Å². The number of aromatic amines is 2. The third-order valence-corrected chi connectivity index (χ3v) is 4.41. The molecule has 0 spiro atoms. The number of rotatable bonds is 3. The predicted molar refractivity (Wildman–Crippen MR) is 103 cm³/mol. The highest BCUT2D eigenvalue weighted by Crippen LogP contribution is 2.20. The van der Waals surface area contributed by atoms with Gasteiger partial charge in [-0.25, -0.2) is 4.39 Å². The van der Waals surface area contributed by atoms with Crippen LogP contribution in [0.25, 0.3) is 16.9 Å². The van der Waals surface area contributed by atoms with E-state index in [-0.39, 0.29) is 16.9 Å². The molecule has 2 aromatic heterocycles. The zero-order chi connectivity index (χ0) is 19.8. The van der Waals surface area contributed by atoms with Crippen molar-refractivity contribution in [2.75, 3.05) is 5.32 Å². The molecule has 140 valence electrons. The molecule has 0 fully saturated rings. The van der Waals surface area contributed by atoms with Crippen LogP contribution in [0.2, 0.25) is 5.02 Å². The van der Waals surface area contributed by atoms with Crippen LogP contribution in [0.3, 0.4) is 0 Å². The fraction of sp³-hybridized carbons (Fsp3) is 0. The Morgan fingerprint density at radius 3 is 2.50 bits per heavy atom. The number of hydrogen-bond donors (Lipinski definition) is 3. The van der Waals surface area contributed by atoms with E-state index < -0.39 is 22.8 Å². The molecule has 4 aromatic rings. The molecule has 1 amide bonds. The summed E-state index contributed by atoms with van der Waals surface area (Å²) in [4.78, 5) is 40.0. The van der Waals surface area contributed by atoms with E-state index in [4.69, 9.17) is 11.6 Å². The van der Waals surface area contributed by atoms with E-state index in [0.29, 0.717) is 16.3 Å². The molecule has 0 aliphatic heterocycles. The second-order valence-corrected chi connectivity index (χ2v) is 6.40. The number of anilines is 1. The Kier molecular flexibility index (Phi) is 4.32. The van der Waals surface area contributed by atoms with Crippen LogP contribution in [-0.2, 0) is 0 Å². The predicted octanol–water partition coefficient (Wildman–Crippen LogP) is 3.03. The van der Waals surface area contributed by atoms with Crippen LogP contribution in [0.15, 0.2) is 64.2 Å². The molecule has 28 heavy (non-hydrogen) atoms. The summed E-state index contributed by atoms with van der Waals surface area (Å²) in [7, 11) is 0. The van der Waals surface area contributed by atoms with Gasteiger partial charge in [0.25, 0.3) is 17.0 Å². The molecule has 7 nitrogen and oxygen atoms in total. The lowest BCUT2D eigenvalue weighted by atomic mass is 10.1. The summed E-state index contributed by atoms with van der Waals surface area (Å²) in [5.74, 6) is -1.54. The Bertz CT molecular complexity index is 1320. The third-order valence-electron chi connectivity index (χ3n) is 4.15. The van der Waals surface area contributed by atoms with Crippen LogP contribution >= 0.6 is 11.6 Å². The summed E-state index contributed by atoms with van der Waals surface area (Å²) >= 11 is 5.88. The monoisotopic (exact) mass is 398 g/mol. The summed E-state index contributed by atoms with van der Waals surface area (Å²) < 4.78 is 14.8. The van der Waals surface area contributed by atoms with Gasteiger partial charge in [0.1, 0.15) is 5.82 Å². The van der Waals surface area contributed by atoms with Crippen LogP contribution in [0.1, 0.15) is 10.4 Å². The molecule has 0 aliphatic carbocycles. The first-order valence-corrected chi connectivity index (χ1v) is 8.52. The number of amides is 1. The lowest BCUT2D eigenvalue weighted by Crippen LogP contribution is -2.18. The van der Waals surface area contributed by atoms with Crippen LogP contribution in [0, 0.1) is 5.82 Å². The van der Waals surface area contributed by atoms with E-state index in [0.717, 1.165) is 10.6 Å². The molecule has 2 aromatic carbocycles. The average molecular weight is 399 g/mol. The summed E-state index contributed by atoms with van der Waals surface area (Å²) in [6.45, 7) is 0. The van der Waals surface area contributed by atoms with E-state index in [9.17, 15) is 18.8 Å². The fourth-order valence-electron chi connectivity index (χ4n) is 2.80. The van der Waals surface area contributed by atoms with Crippen LogP contribution in [-0.4, -0.2) is 20.5 Å². The topological polar surface area (TPSA) is 99.2 Å². The number of halogens is 2. The summed E-state index contributed by atoms with van der Waals surface area (Å²) in [5, 5.41) is 5.24. The van der Waals surface area contributed by atoms with Gasteiger partial charge in [0.15, 0.2) is 11.3 Å². The van der Waals surface area contributed by atoms with Gasteiger partial charge >= 0.3 is 0 Å². The molecule has 4 rings (SSSR count). The maximum atomic E-state index is 13.8. The Morgan fingerprint density at radius 1 is 1.07 bits per heavy atom. The van der Waals surface area contributed by atoms with E-state index in [1.165, 1.54) is 24.3 Å². The van der Waals surface area contributed by atoms with Gasteiger partial charge in [-0.15, -0.1) is 0 Å². The fourth-order valence-corrected chi connectivity index (χ4v) is 2.92. The Balaban J connectivity index is 1.82. The van der Waals surface area contributed by atoms with Gasteiger partial charge in [-0.05, 0) is 29.8 Å². The minimum atomic E-state index is -0.811. The highest BCUT2D eigenvalue weighted by atomic mass is 35.5. The number of carbonyl (C=O) groups excluding carboxylic acids is 1. The lowest BCUT2D eigenvalue weighted by Gasteiger charge is -2.06. The molecule has 0 bridgehead atoms. The second-order valence-electron chi connectivity index (χ2n) is 5.96. The van der Waals surface area contributed by atoms with E-state index >= 15 is 0 Å². The van der Waals surface area contributed by atoms with Gasteiger partial charge in [-0.2, -0.15) is 4.52 Å². The number of benzene rings is 2. The van der Waals surface area contributed by atoms with Gasteiger partial charge in [-0.3, -0.25) is 19.5 Å². The highest BCUT2D eigenvalue weighted by molar-refractivity contribution is 6.30. The van der Waals surface area contributed by atoms with Crippen molar-refractivity contribution in [2.24, 2.45) is 0 Å². The highest BCUT2D eigenvalue weighted by Gasteiger charge is 2.18. The van der Waals surface area contributed by atoms with Gasteiger partial charge < -0.3 is 10.3 Å². The third kappa shape index (κ3) is 3.10. The quantitative estimate of drug-likeness (QED) is 0.494. The molecule has 3 N–H and O–H groups in total. The van der Waals surface area contributed by atoms with Crippen LogP contribution in [0.4, 0.5) is 10.1 Å². The first-order chi connectivity index (χ1) is 13.4.